The van der Waals surface area contributed by atoms with Crippen LogP contribution in [0.4, 0.5) is 32.6 Å². The first kappa shape index (κ1) is 22.5. The summed E-state index contributed by atoms with van der Waals surface area (Å²) in [5, 5.41) is 8.63. The van der Waals surface area contributed by atoms with Gasteiger partial charge >= 0.3 is 22.4 Å². The Morgan fingerprint density at radius 2 is 1.28 bits per heavy atom. The van der Waals surface area contributed by atoms with Gasteiger partial charge in [-0.05, 0) is 41.0 Å². The number of carboxylic acids is 1. The molecule has 0 fully saturated rings. The fraction of sp³-hybridized carbons (Fsp3) is 0.0556. The van der Waals surface area contributed by atoms with E-state index in [9.17, 15) is 37.4 Å². The molecule has 0 unspecified atom stereocenters. The summed E-state index contributed by atoms with van der Waals surface area (Å²) in [7, 11) is -9.89. The molecule has 0 saturated carbocycles. The highest BCUT2D eigenvalue weighted by Gasteiger charge is 2.65. The predicted octanol–water partition coefficient (Wildman–Crippen LogP) is 7.44. The minimum Gasteiger partial charge on any atom is -0.478 e. The number of alkyl halides is 3. The van der Waals surface area contributed by atoms with Crippen molar-refractivity contribution in [3.8, 4) is 0 Å². The van der Waals surface area contributed by atoms with Gasteiger partial charge in [-0.2, -0.15) is 13.2 Å². The first-order valence-electron chi connectivity index (χ1n) is 7.61. The molecule has 0 bridgehead atoms. The van der Waals surface area contributed by atoms with Crippen LogP contribution in [-0.2, 0) is 11.0 Å². The maximum atomic E-state index is 12.9. The molecule has 0 atom stereocenters. The number of hydrogen-bond donors (Lipinski definition) is 1. The van der Waals surface area contributed by atoms with Gasteiger partial charge in [0.25, 0.3) is 0 Å². The summed E-state index contributed by atoms with van der Waals surface area (Å²) in [4.78, 5) is 8.47. The zero-order chi connectivity index (χ0) is 22.2. The van der Waals surface area contributed by atoms with E-state index in [0.717, 1.165) is 48.6 Å². The van der Waals surface area contributed by atoms with Gasteiger partial charge < -0.3 is 5.11 Å². The van der Waals surface area contributed by atoms with Crippen molar-refractivity contribution in [2.45, 2.75) is 11.1 Å². The van der Waals surface area contributed by atoms with Gasteiger partial charge in [0.2, 0.25) is 0 Å². The Morgan fingerprint density at radius 3 is 1.66 bits per heavy atom. The molecule has 0 aliphatic carbocycles. The van der Waals surface area contributed by atoms with Crippen molar-refractivity contribution in [1.29, 1.82) is 0 Å². The molecule has 29 heavy (non-hydrogen) atoms. The van der Waals surface area contributed by atoms with Crippen LogP contribution in [0.5, 0.6) is 0 Å². The number of halogens is 8. The predicted molar refractivity (Wildman–Crippen MR) is 93.1 cm³/mol. The van der Waals surface area contributed by atoms with Crippen molar-refractivity contribution < 1.29 is 42.5 Å². The van der Waals surface area contributed by atoms with Gasteiger partial charge in [0.1, 0.15) is 4.90 Å². The Balaban J connectivity index is 2.54. The van der Waals surface area contributed by atoms with Crippen LogP contribution in [0, 0.1) is 0 Å². The fourth-order valence-electron chi connectivity index (χ4n) is 2.32. The second kappa shape index (κ2) is 6.61. The van der Waals surface area contributed by atoms with E-state index in [1.54, 1.807) is 0 Å². The molecule has 0 spiro atoms. The van der Waals surface area contributed by atoms with E-state index in [1.165, 1.54) is 0 Å². The van der Waals surface area contributed by atoms with Crippen LogP contribution in [0.2, 0.25) is 0 Å². The largest absolute Gasteiger partial charge is 0.478 e. The smallest absolute Gasteiger partial charge is 0.416 e. The lowest BCUT2D eigenvalue weighted by Crippen LogP contribution is -2.06. The molecule has 2 nitrogen and oxygen atoms in total. The van der Waals surface area contributed by atoms with Crippen LogP contribution in [0.1, 0.15) is 16.7 Å². The number of aliphatic carboxylic acids is 1. The van der Waals surface area contributed by atoms with Crippen molar-refractivity contribution >= 4 is 21.8 Å². The molecule has 0 aromatic heterocycles. The summed E-state index contributed by atoms with van der Waals surface area (Å²) in [6, 6.07) is 5.30. The Labute approximate surface area is 159 Å². The first-order chi connectivity index (χ1) is 13.0. The van der Waals surface area contributed by atoms with Crippen LogP contribution < -0.4 is 0 Å². The van der Waals surface area contributed by atoms with E-state index >= 15 is 0 Å². The normalized spacial score (nSPS) is 15.8. The van der Waals surface area contributed by atoms with Gasteiger partial charge in [0.15, 0.2) is 0 Å². The summed E-state index contributed by atoms with van der Waals surface area (Å²) in [6.45, 7) is 0. The topological polar surface area (TPSA) is 37.3 Å². The highest BCUT2D eigenvalue weighted by atomic mass is 32.5. The monoisotopic (exact) mass is 444 g/mol. The van der Waals surface area contributed by atoms with Gasteiger partial charge in [-0.1, -0.05) is 55.8 Å². The SMILES string of the molecule is O=C(O)C=CC=C(c1ccc(C(F)(F)F)cc1)c1ccc(S(F)(F)(F)(F)F)cc1. The van der Waals surface area contributed by atoms with Crippen LogP contribution in [-0.4, -0.2) is 11.1 Å². The Morgan fingerprint density at radius 1 is 0.828 bits per heavy atom. The molecular formula is C18H12F8O2S. The van der Waals surface area contributed by atoms with E-state index in [2.05, 4.69) is 0 Å². The first-order valence-corrected chi connectivity index (χ1v) is 9.56. The second-order valence-corrected chi connectivity index (χ2v) is 8.26. The second-order valence-electron chi connectivity index (χ2n) is 5.85. The van der Waals surface area contributed by atoms with Gasteiger partial charge in [-0.25, -0.2) is 4.79 Å². The molecule has 0 heterocycles. The van der Waals surface area contributed by atoms with Crippen molar-refractivity contribution in [3.63, 3.8) is 0 Å². The Kier molecular flexibility index (Phi) is 5.12. The third-order valence-corrected chi connectivity index (χ3v) is 4.80. The third-order valence-electron chi connectivity index (χ3n) is 3.64. The number of allylic oxidation sites excluding steroid dienone is 2. The average molecular weight is 444 g/mol. The van der Waals surface area contributed by atoms with Gasteiger partial charge in [0, 0.05) is 6.08 Å². The zero-order valence-corrected chi connectivity index (χ0v) is 15.0. The van der Waals surface area contributed by atoms with Crippen molar-refractivity contribution in [1.82, 2.24) is 0 Å². The third kappa shape index (κ3) is 6.08. The molecule has 2 rings (SSSR count). The molecule has 0 saturated heterocycles. The summed E-state index contributed by atoms with van der Waals surface area (Å²) in [5.74, 6) is -1.34. The number of rotatable bonds is 5. The van der Waals surface area contributed by atoms with Crippen LogP contribution in [0.15, 0.2) is 71.7 Å². The Bertz CT molecular complexity index is 971. The minimum absolute atomic E-state index is 0.0323. The summed E-state index contributed by atoms with van der Waals surface area (Å²) >= 11 is 0. The lowest BCUT2D eigenvalue weighted by molar-refractivity contribution is -0.137. The number of carboxylic acid groups (broad SMARTS) is 1. The maximum absolute atomic E-state index is 12.9. The van der Waals surface area contributed by atoms with Crippen LogP contribution in [0.25, 0.3) is 5.57 Å². The van der Waals surface area contributed by atoms with Gasteiger partial charge in [-0.15, -0.1) is 0 Å². The molecule has 0 aliphatic rings. The Hall–Kier alpha value is -2.82. The van der Waals surface area contributed by atoms with E-state index in [4.69, 9.17) is 5.11 Å². The van der Waals surface area contributed by atoms with Crippen LogP contribution >= 0.6 is 10.2 Å². The molecule has 0 aliphatic heterocycles. The molecule has 0 radical (unpaired) electrons. The van der Waals surface area contributed by atoms with Gasteiger partial charge in [0.05, 0.1) is 5.56 Å². The van der Waals surface area contributed by atoms with Crippen molar-refractivity contribution in [2.75, 3.05) is 0 Å². The standard InChI is InChI=1S/C18H12F8O2S/c19-18(20,21)14-8-4-12(5-9-14)16(2-1-3-17(27)28)13-6-10-15(11-7-13)29(22,23,24,25)26/h1-11H,(H,27,28). The number of carbonyl (C=O) groups is 1. The molecule has 1 N–H and O–H groups in total. The quantitative estimate of drug-likeness (QED) is 0.296. The van der Waals surface area contributed by atoms with Crippen LogP contribution in [0.3, 0.4) is 0 Å². The molecular weight excluding hydrogens is 432 g/mol. The van der Waals surface area contributed by atoms with E-state index in [0.29, 0.717) is 6.08 Å². The van der Waals surface area contributed by atoms with Crippen molar-refractivity contribution in [2.24, 2.45) is 0 Å². The fourth-order valence-corrected chi connectivity index (χ4v) is 2.97. The van der Waals surface area contributed by atoms with Gasteiger partial charge in [-0.3, -0.25) is 0 Å². The van der Waals surface area contributed by atoms with Crippen molar-refractivity contribution in [3.05, 3.63) is 83.4 Å². The van der Waals surface area contributed by atoms with E-state index in [1.807, 2.05) is 0 Å². The zero-order valence-electron chi connectivity index (χ0n) is 14.1. The molecule has 0 amide bonds. The average Bonchev–Trinajstić information content (AvgIpc) is 2.56. The summed E-state index contributed by atoms with van der Waals surface area (Å²) in [6.07, 6.45) is -1.79. The molecule has 2 aromatic carbocycles. The van der Waals surface area contributed by atoms with E-state index in [-0.39, 0.29) is 28.8 Å². The number of hydrogen-bond acceptors (Lipinski definition) is 1. The molecule has 11 heteroatoms. The highest BCUT2D eigenvalue weighted by Crippen LogP contribution is 3.02. The minimum atomic E-state index is -9.89. The maximum Gasteiger partial charge on any atom is 0.416 e. The summed E-state index contributed by atoms with van der Waals surface area (Å²) in [5.41, 5.74) is -0.874. The number of benzene rings is 2. The molecule has 158 valence electrons. The lowest BCUT2D eigenvalue weighted by Gasteiger charge is -2.40. The summed E-state index contributed by atoms with van der Waals surface area (Å²) < 4.78 is 102. The van der Waals surface area contributed by atoms with E-state index < -0.39 is 32.8 Å². The lowest BCUT2D eigenvalue weighted by atomic mass is 9.96. The highest BCUT2D eigenvalue weighted by molar-refractivity contribution is 8.45. The molecule has 2 aromatic rings.